The second-order valence-electron chi connectivity index (χ2n) is 8.64. The minimum absolute atomic E-state index is 0.208. The third-order valence-electron chi connectivity index (χ3n) is 5.85. The Kier molecular flexibility index (Phi) is 8.67. The molecular formula is C29H29N3O6S. The van der Waals surface area contributed by atoms with Gasteiger partial charge in [-0.15, -0.1) is 0 Å². The molecule has 39 heavy (non-hydrogen) atoms. The third-order valence-corrected chi connectivity index (χ3v) is 6.97. The Morgan fingerprint density at radius 3 is 2.31 bits per heavy atom. The predicted octanol–water partition coefficient (Wildman–Crippen LogP) is 4.35. The molecule has 0 radical (unpaired) electrons. The van der Waals surface area contributed by atoms with Crippen molar-refractivity contribution >= 4 is 38.6 Å². The molecule has 4 aromatic carbocycles. The van der Waals surface area contributed by atoms with Crippen LogP contribution in [0.3, 0.4) is 0 Å². The number of hydrazone groups is 1. The van der Waals surface area contributed by atoms with E-state index in [9.17, 15) is 13.2 Å². The highest BCUT2D eigenvalue weighted by Crippen LogP contribution is 2.33. The van der Waals surface area contributed by atoms with Gasteiger partial charge in [0, 0.05) is 6.07 Å². The number of hydrogen-bond acceptors (Lipinski definition) is 7. The summed E-state index contributed by atoms with van der Waals surface area (Å²) < 4.78 is 42.1. The van der Waals surface area contributed by atoms with Crippen LogP contribution in [-0.2, 0) is 21.4 Å². The summed E-state index contributed by atoms with van der Waals surface area (Å²) in [6, 6.07) is 26.3. The first-order valence-corrected chi connectivity index (χ1v) is 13.8. The van der Waals surface area contributed by atoms with Gasteiger partial charge in [-0.1, -0.05) is 36.4 Å². The highest BCUT2D eigenvalue weighted by atomic mass is 32.2. The Labute approximate surface area is 227 Å². The number of fused-ring (bicyclic) bond motifs is 1. The molecule has 9 nitrogen and oxygen atoms in total. The van der Waals surface area contributed by atoms with E-state index in [0.717, 1.165) is 27.1 Å². The Balaban J connectivity index is 1.34. The van der Waals surface area contributed by atoms with Gasteiger partial charge in [-0.25, -0.2) is 13.8 Å². The van der Waals surface area contributed by atoms with Crippen LogP contribution in [0.1, 0.15) is 11.1 Å². The molecule has 0 spiro atoms. The van der Waals surface area contributed by atoms with E-state index in [1.807, 2.05) is 30.3 Å². The van der Waals surface area contributed by atoms with Crippen LogP contribution in [0, 0.1) is 0 Å². The minimum atomic E-state index is -3.80. The fraction of sp³-hybridized carbons (Fsp3) is 0.172. The average molecular weight is 548 g/mol. The summed E-state index contributed by atoms with van der Waals surface area (Å²) in [5.74, 6) is 0.814. The van der Waals surface area contributed by atoms with Crippen LogP contribution in [0.4, 0.5) is 5.69 Å². The van der Waals surface area contributed by atoms with Gasteiger partial charge in [-0.2, -0.15) is 5.10 Å². The van der Waals surface area contributed by atoms with E-state index < -0.39 is 22.5 Å². The van der Waals surface area contributed by atoms with Crippen molar-refractivity contribution in [3.05, 3.63) is 96.1 Å². The van der Waals surface area contributed by atoms with Gasteiger partial charge >= 0.3 is 0 Å². The van der Waals surface area contributed by atoms with Crippen LogP contribution in [0.15, 0.2) is 90.0 Å². The molecule has 202 valence electrons. The number of carbonyl (C=O) groups is 1. The highest BCUT2D eigenvalue weighted by molar-refractivity contribution is 7.92. The smallest absolute Gasteiger partial charge is 0.260 e. The average Bonchev–Trinajstić information content (AvgIpc) is 2.94. The molecule has 0 saturated heterocycles. The van der Waals surface area contributed by atoms with Gasteiger partial charge in [0.1, 0.15) is 30.4 Å². The molecule has 0 aromatic heterocycles. The summed E-state index contributed by atoms with van der Waals surface area (Å²) in [6.45, 7) is -0.0510. The van der Waals surface area contributed by atoms with E-state index >= 15 is 0 Å². The van der Waals surface area contributed by atoms with Crippen LogP contribution >= 0.6 is 0 Å². The maximum Gasteiger partial charge on any atom is 0.260 e. The zero-order valence-electron chi connectivity index (χ0n) is 21.8. The summed E-state index contributed by atoms with van der Waals surface area (Å²) in [6.07, 6.45) is 2.47. The zero-order chi connectivity index (χ0) is 27.8. The molecule has 4 aromatic rings. The molecule has 1 N–H and O–H groups in total. The van der Waals surface area contributed by atoms with E-state index in [0.29, 0.717) is 18.1 Å². The number of amides is 1. The number of methoxy groups -OCH3 is 2. The largest absolute Gasteiger partial charge is 0.497 e. The zero-order valence-corrected chi connectivity index (χ0v) is 22.6. The number of rotatable bonds is 11. The quantitative estimate of drug-likeness (QED) is 0.221. The Hall–Kier alpha value is -4.57. The van der Waals surface area contributed by atoms with Crippen molar-refractivity contribution in [2.75, 3.05) is 31.3 Å². The molecule has 0 bridgehead atoms. The fourth-order valence-corrected chi connectivity index (χ4v) is 4.72. The number of nitrogens with one attached hydrogen (secondary N) is 1. The van der Waals surface area contributed by atoms with Gasteiger partial charge in [-0.05, 0) is 64.4 Å². The number of hydrogen-bond donors (Lipinski definition) is 1. The first kappa shape index (κ1) is 27.5. The molecule has 4 rings (SSSR count). The lowest BCUT2D eigenvalue weighted by atomic mass is 10.1. The van der Waals surface area contributed by atoms with Crippen LogP contribution in [0.25, 0.3) is 10.8 Å². The number of sulfonamides is 1. The number of ether oxygens (including phenoxy) is 3. The Bertz CT molecular complexity index is 1590. The van der Waals surface area contributed by atoms with Gasteiger partial charge in [0.25, 0.3) is 5.91 Å². The van der Waals surface area contributed by atoms with Crippen molar-refractivity contribution in [1.82, 2.24) is 5.43 Å². The topological polar surface area (TPSA) is 107 Å². The van der Waals surface area contributed by atoms with Crippen LogP contribution in [0.2, 0.25) is 0 Å². The number of anilines is 1. The number of nitrogens with zero attached hydrogens (tertiary/aromatic N) is 2. The van der Waals surface area contributed by atoms with Crippen LogP contribution in [-0.4, -0.2) is 47.6 Å². The van der Waals surface area contributed by atoms with Gasteiger partial charge in [-0.3, -0.25) is 9.10 Å². The van der Waals surface area contributed by atoms with Gasteiger partial charge in [0.05, 0.1) is 32.4 Å². The second kappa shape index (κ2) is 12.3. The number of carbonyl (C=O) groups excluding carboxylic acids is 1. The third kappa shape index (κ3) is 7.26. The molecular weight excluding hydrogens is 518 g/mol. The molecule has 0 unspecified atom stereocenters. The van der Waals surface area contributed by atoms with Crippen molar-refractivity contribution in [3.63, 3.8) is 0 Å². The van der Waals surface area contributed by atoms with E-state index in [4.69, 9.17) is 14.2 Å². The lowest BCUT2D eigenvalue weighted by molar-refractivity contribution is -0.119. The van der Waals surface area contributed by atoms with E-state index in [1.165, 1.54) is 31.9 Å². The lowest BCUT2D eigenvalue weighted by Gasteiger charge is -2.23. The number of benzene rings is 4. The summed E-state index contributed by atoms with van der Waals surface area (Å²) >= 11 is 0. The first-order chi connectivity index (χ1) is 18.8. The normalized spacial score (nSPS) is 11.4. The van der Waals surface area contributed by atoms with Crippen molar-refractivity contribution < 1.29 is 27.4 Å². The van der Waals surface area contributed by atoms with Gasteiger partial charge < -0.3 is 14.2 Å². The molecule has 0 aliphatic heterocycles. The Morgan fingerprint density at radius 1 is 0.897 bits per heavy atom. The van der Waals surface area contributed by atoms with E-state index in [-0.39, 0.29) is 11.4 Å². The molecule has 0 aliphatic carbocycles. The van der Waals surface area contributed by atoms with E-state index in [1.54, 1.807) is 24.3 Å². The standard InChI is InChI=1S/C29H29N3O6S/c1-36-26-14-15-27(28(17-26)37-2)32(39(3,34)35)19-29(33)31-30-18-21-9-12-25(13-10-21)38-20-22-8-11-23-6-4-5-7-24(23)16-22/h4-18H,19-20H2,1-3H3,(H,31,33)/b30-18-. The Morgan fingerprint density at radius 2 is 1.62 bits per heavy atom. The molecule has 0 heterocycles. The van der Waals surface area contributed by atoms with Crippen LogP contribution in [0.5, 0.6) is 17.2 Å². The first-order valence-electron chi connectivity index (χ1n) is 12.0. The predicted molar refractivity (Wildman–Crippen MR) is 152 cm³/mol. The molecule has 10 heteroatoms. The van der Waals surface area contributed by atoms with Crippen molar-refractivity contribution in [1.29, 1.82) is 0 Å². The minimum Gasteiger partial charge on any atom is -0.497 e. The molecule has 0 saturated carbocycles. The second-order valence-corrected chi connectivity index (χ2v) is 10.5. The monoisotopic (exact) mass is 547 g/mol. The summed E-state index contributed by atoms with van der Waals surface area (Å²) in [5, 5.41) is 6.30. The molecule has 0 aliphatic rings. The lowest BCUT2D eigenvalue weighted by Crippen LogP contribution is -2.39. The fourth-order valence-electron chi connectivity index (χ4n) is 3.86. The summed E-state index contributed by atoms with van der Waals surface area (Å²) in [5.41, 5.74) is 4.37. The summed E-state index contributed by atoms with van der Waals surface area (Å²) in [7, 11) is -0.905. The summed E-state index contributed by atoms with van der Waals surface area (Å²) in [4.78, 5) is 12.5. The van der Waals surface area contributed by atoms with Crippen molar-refractivity contribution in [3.8, 4) is 17.2 Å². The van der Waals surface area contributed by atoms with E-state index in [2.05, 4.69) is 34.8 Å². The highest BCUT2D eigenvalue weighted by Gasteiger charge is 2.24. The van der Waals surface area contributed by atoms with Gasteiger partial charge in [0.2, 0.25) is 10.0 Å². The molecule has 1 amide bonds. The van der Waals surface area contributed by atoms with Gasteiger partial charge in [0.15, 0.2) is 0 Å². The SMILES string of the molecule is COc1ccc(N(CC(=O)N/N=C\c2ccc(OCc3ccc4ccccc4c3)cc2)S(C)(=O)=O)c(OC)c1. The maximum atomic E-state index is 12.5. The van der Waals surface area contributed by atoms with Crippen molar-refractivity contribution in [2.24, 2.45) is 5.10 Å². The maximum absolute atomic E-state index is 12.5. The van der Waals surface area contributed by atoms with Crippen LogP contribution < -0.4 is 23.9 Å². The van der Waals surface area contributed by atoms with Crippen molar-refractivity contribution in [2.45, 2.75) is 6.61 Å². The molecule has 0 atom stereocenters. The molecule has 0 fully saturated rings.